The van der Waals surface area contributed by atoms with Crippen molar-refractivity contribution in [3.63, 3.8) is 0 Å². The van der Waals surface area contributed by atoms with Crippen LogP contribution in [-0.4, -0.2) is 47.5 Å². The van der Waals surface area contributed by atoms with E-state index >= 15 is 0 Å². The summed E-state index contributed by atoms with van der Waals surface area (Å²) >= 11 is 0. The molecule has 1 aliphatic rings. The number of rotatable bonds is 3. The second-order valence-electron chi connectivity index (χ2n) is 6.34. The highest BCUT2D eigenvalue weighted by Gasteiger charge is 2.29. The molecule has 1 atom stereocenters. The molecule has 7 nitrogen and oxygen atoms in total. The number of nitrogens with zero attached hydrogens (tertiary/aromatic N) is 6. The maximum absolute atomic E-state index is 13.0. The van der Waals surface area contributed by atoms with Crippen molar-refractivity contribution in [3.8, 4) is 0 Å². The van der Waals surface area contributed by atoms with Crippen molar-refractivity contribution in [2.75, 3.05) is 6.54 Å². The quantitative estimate of drug-likeness (QED) is 0.738. The molecule has 3 aromatic heterocycles. The van der Waals surface area contributed by atoms with Gasteiger partial charge in [0.2, 0.25) is 5.78 Å². The van der Waals surface area contributed by atoms with E-state index in [9.17, 15) is 4.79 Å². The van der Waals surface area contributed by atoms with Crippen LogP contribution < -0.4 is 0 Å². The van der Waals surface area contributed by atoms with E-state index in [2.05, 4.69) is 15.1 Å². The minimum atomic E-state index is -0.0194. The Morgan fingerprint density at radius 1 is 1.33 bits per heavy atom. The van der Waals surface area contributed by atoms with Crippen LogP contribution in [0.15, 0.2) is 37.1 Å². The van der Waals surface area contributed by atoms with Crippen LogP contribution in [0, 0.1) is 6.92 Å². The molecule has 4 heterocycles. The van der Waals surface area contributed by atoms with Gasteiger partial charge in [-0.2, -0.15) is 5.10 Å². The first-order valence-corrected chi connectivity index (χ1v) is 8.30. The zero-order valence-electron chi connectivity index (χ0n) is 13.7. The number of aromatic nitrogens is 5. The second-order valence-corrected chi connectivity index (χ2v) is 6.34. The molecule has 0 spiro atoms. The Balaban J connectivity index is 1.58. The number of carbonyl (C=O) groups excluding carboxylic acids is 1. The minimum absolute atomic E-state index is 0.0194. The fourth-order valence-corrected chi connectivity index (χ4v) is 3.32. The van der Waals surface area contributed by atoms with Gasteiger partial charge >= 0.3 is 0 Å². The number of carbonyl (C=O) groups is 1. The fourth-order valence-electron chi connectivity index (χ4n) is 3.32. The van der Waals surface area contributed by atoms with Gasteiger partial charge in [0.1, 0.15) is 5.69 Å². The number of hydrogen-bond acceptors (Lipinski definition) is 4. The number of imidazole rings is 1. The Kier molecular flexibility index (Phi) is 3.76. The van der Waals surface area contributed by atoms with Gasteiger partial charge in [-0.25, -0.2) is 9.97 Å². The van der Waals surface area contributed by atoms with E-state index in [1.54, 1.807) is 16.8 Å². The van der Waals surface area contributed by atoms with Crippen LogP contribution in [0.1, 0.15) is 35.3 Å². The van der Waals surface area contributed by atoms with E-state index in [0.29, 0.717) is 11.5 Å². The number of hydrogen-bond donors (Lipinski definition) is 0. The molecule has 4 rings (SSSR count). The molecule has 1 aliphatic heterocycles. The standard InChI is InChI=1S/C17H20N6O/c1-13-9-19-22(10-13)11-14-5-2-3-8-23(14)16(24)15-12-21-7-4-6-18-17(21)20-15/h4,6-7,9-10,12,14H,2-3,5,8,11H2,1H3/t14-/m0/s1. The zero-order valence-corrected chi connectivity index (χ0v) is 13.7. The van der Waals surface area contributed by atoms with Gasteiger partial charge in [0.05, 0.1) is 18.8 Å². The van der Waals surface area contributed by atoms with Gasteiger partial charge in [0.15, 0.2) is 0 Å². The second kappa shape index (κ2) is 6.07. The average Bonchev–Trinajstić information content (AvgIpc) is 3.20. The molecule has 0 N–H and O–H groups in total. The van der Waals surface area contributed by atoms with Crippen molar-refractivity contribution < 1.29 is 4.79 Å². The van der Waals surface area contributed by atoms with Crippen LogP contribution >= 0.6 is 0 Å². The van der Waals surface area contributed by atoms with Crippen LogP contribution in [0.2, 0.25) is 0 Å². The Morgan fingerprint density at radius 2 is 2.25 bits per heavy atom. The van der Waals surface area contributed by atoms with Crippen LogP contribution in [-0.2, 0) is 6.54 Å². The normalized spacial score (nSPS) is 18.2. The predicted octanol–water partition coefficient (Wildman–Crippen LogP) is 1.93. The third-order valence-electron chi connectivity index (χ3n) is 4.50. The number of likely N-dealkylation sites (tertiary alicyclic amines) is 1. The first kappa shape index (κ1) is 14.9. The topological polar surface area (TPSA) is 68.3 Å². The molecule has 0 aliphatic carbocycles. The van der Waals surface area contributed by atoms with Gasteiger partial charge in [-0.15, -0.1) is 0 Å². The summed E-state index contributed by atoms with van der Waals surface area (Å²) in [6.45, 7) is 3.52. The summed E-state index contributed by atoms with van der Waals surface area (Å²) in [5, 5.41) is 4.36. The smallest absolute Gasteiger partial charge is 0.274 e. The Morgan fingerprint density at radius 3 is 3.04 bits per heavy atom. The molecular formula is C17H20N6O. The predicted molar refractivity (Wildman–Crippen MR) is 88.6 cm³/mol. The number of aryl methyl sites for hydroxylation is 1. The lowest BCUT2D eigenvalue weighted by molar-refractivity contribution is 0.0578. The maximum atomic E-state index is 13.0. The van der Waals surface area contributed by atoms with E-state index in [1.807, 2.05) is 41.2 Å². The summed E-state index contributed by atoms with van der Waals surface area (Å²) < 4.78 is 3.71. The van der Waals surface area contributed by atoms with E-state index in [-0.39, 0.29) is 11.9 Å². The van der Waals surface area contributed by atoms with Crippen molar-refractivity contribution in [1.29, 1.82) is 0 Å². The first-order chi connectivity index (χ1) is 11.7. The van der Waals surface area contributed by atoms with Crippen molar-refractivity contribution in [2.24, 2.45) is 0 Å². The lowest BCUT2D eigenvalue weighted by Gasteiger charge is -2.35. The molecule has 1 fully saturated rings. The van der Waals surface area contributed by atoms with E-state index in [4.69, 9.17) is 0 Å². The summed E-state index contributed by atoms with van der Waals surface area (Å²) in [6.07, 6.45) is 12.3. The Labute approximate surface area is 139 Å². The van der Waals surface area contributed by atoms with Crippen molar-refractivity contribution in [2.45, 2.75) is 38.8 Å². The SMILES string of the molecule is Cc1cnn(C[C@@H]2CCCCN2C(=O)c2cn3cccnc3n2)c1. The van der Waals surface area contributed by atoms with Crippen LogP contribution in [0.25, 0.3) is 5.78 Å². The molecule has 7 heteroatoms. The van der Waals surface area contributed by atoms with Gasteiger partial charge in [-0.3, -0.25) is 13.9 Å². The Bertz CT molecular complexity index is 834. The van der Waals surface area contributed by atoms with E-state index < -0.39 is 0 Å². The highest BCUT2D eigenvalue weighted by Crippen LogP contribution is 2.21. The molecule has 0 radical (unpaired) electrons. The summed E-state index contributed by atoms with van der Waals surface area (Å²) in [5.74, 6) is 0.534. The molecule has 0 aromatic carbocycles. The first-order valence-electron chi connectivity index (χ1n) is 8.30. The summed E-state index contributed by atoms with van der Waals surface area (Å²) in [6, 6.07) is 1.98. The third kappa shape index (κ3) is 2.77. The van der Waals surface area contributed by atoms with Crippen molar-refractivity contribution in [3.05, 3.63) is 48.3 Å². The highest BCUT2D eigenvalue weighted by atomic mass is 16.2. The number of amides is 1. The van der Waals surface area contributed by atoms with Crippen molar-refractivity contribution in [1.82, 2.24) is 29.0 Å². The van der Waals surface area contributed by atoms with Gasteiger partial charge < -0.3 is 4.90 Å². The van der Waals surface area contributed by atoms with Crippen molar-refractivity contribution >= 4 is 11.7 Å². The minimum Gasteiger partial charge on any atom is -0.332 e. The monoisotopic (exact) mass is 324 g/mol. The molecule has 0 saturated carbocycles. The molecule has 0 bridgehead atoms. The average molecular weight is 324 g/mol. The molecule has 1 amide bonds. The third-order valence-corrected chi connectivity index (χ3v) is 4.50. The molecule has 24 heavy (non-hydrogen) atoms. The van der Waals surface area contributed by atoms with Crippen LogP contribution in [0.3, 0.4) is 0 Å². The zero-order chi connectivity index (χ0) is 16.5. The summed E-state index contributed by atoms with van der Waals surface area (Å²) in [4.78, 5) is 23.5. The molecule has 0 unspecified atom stereocenters. The fraction of sp³-hybridized carbons (Fsp3) is 0.412. The lowest BCUT2D eigenvalue weighted by Crippen LogP contribution is -2.46. The largest absolute Gasteiger partial charge is 0.332 e. The maximum Gasteiger partial charge on any atom is 0.274 e. The molecular weight excluding hydrogens is 304 g/mol. The highest BCUT2D eigenvalue weighted by molar-refractivity contribution is 5.93. The van der Waals surface area contributed by atoms with Gasteiger partial charge in [0.25, 0.3) is 5.91 Å². The number of fused-ring (bicyclic) bond motifs is 1. The van der Waals surface area contributed by atoms with Gasteiger partial charge in [-0.1, -0.05) is 0 Å². The van der Waals surface area contributed by atoms with E-state index in [0.717, 1.165) is 37.9 Å². The summed E-state index contributed by atoms with van der Waals surface area (Å²) in [7, 11) is 0. The lowest BCUT2D eigenvalue weighted by atomic mass is 10.0. The summed E-state index contributed by atoms with van der Waals surface area (Å²) in [5.41, 5.74) is 1.59. The molecule has 124 valence electrons. The van der Waals surface area contributed by atoms with Gasteiger partial charge in [0, 0.05) is 31.3 Å². The van der Waals surface area contributed by atoms with E-state index in [1.165, 1.54) is 0 Å². The van der Waals surface area contributed by atoms with Crippen LogP contribution in [0.5, 0.6) is 0 Å². The van der Waals surface area contributed by atoms with Gasteiger partial charge in [-0.05, 0) is 37.8 Å². The number of piperidine rings is 1. The Hall–Kier alpha value is -2.70. The molecule has 3 aromatic rings. The molecule has 1 saturated heterocycles. The van der Waals surface area contributed by atoms with Crippen LogP contribution in [0.4, 0.5) is 0 Å².